The minimum absolute atomic E-state index is 0.00111. The van der Waals surface area contributed by atoms with E-state index in [9.17, 15) is 4.79 Å². The van der Waals surface area contributed by atoms with E-state index in [-0.39, 0.29) is 12.5 Å². The summed E-state index contributed by atoms with van der Waals surface area (Å²) < 4.78 is 5.10. The Morgan fingerprint density at radius 1 is 1.59 bits per heavy atom. The predicted octanol–water partition coefficient (Wildman–Crippen LogP) is 2.09. The fourth-order valence-corrected chi connectivity index (χ4v) is 1.18. The zero-order valence-corrected chi connectivity index (χ0v) is 9.64. The first kappa shape index (κ1) is 12.9. The number of carbonyl (C=O) groups excluding carboxylic acids is 1. The number of nitrogens with one attached hydrogen (secondary N) is 1. The summed E-state index contributed by atoms with van der Waals surface area (Å²) in [6, 6.07) is 8.75. The standard InChI is InChI=1S/C13H14N2O2/c1-2-3-7-17-10-13(16)15-12-6-4-5-11(8-12)9-14/h2-6,8H,7,10H2,1H3,(H,15,16)/b3-2+. The van der Waals surface area contributed by atoms with Crippen LogP contribution in [0.1, 0.15) is 12.5 Å². The van der Waals surface area contributed by atoms with Gasteiger partial charge in [0.1, 0.15) is 6.61 Å². The lowest BCUT2D eigenvalue weighted by Gasteiger charge is -2.05. The van der Waals surface area contributed by atoms with Crippen molar-refractivity contribution in [1.29, 1.82) is 5.26 Å². The second-order valence-corrected chi connectivity index (χ2v) is 3.32. The SMILES string of the molecule is C/C=C/COCC(=O)Nc1cccc(C#N)c1. The van der Waals surface area contributed by atoms with Gasteiger partial charge in [0.2, 0.25) is 5.91 Å². The third kappa shape index (κ3) is 4.96. The molecule has 0 aliphatic heterocycles. The molecule has 0 spiro atoms. The molecule has 0 unspecified atom stereocenters. The van der Waals surface area contributed by atoms with Crippen molar-refractivity contribution >= 4 is 11.6 Å². The number of rotatable bonds is 5. The highest BCUT2D eigenvalue weighted by atomic mass is 16.5. The monoisotopic (exact) mass is 230 g/mol. The maximum absolute atomic E-state index is 11.4. The van der Waals surface area contributed by atoms with E-state index in [1.165, 1.54) is 0 Å². The summed E-state index contributed by atoms with van der Waals surface area (Å²) in [6.07, 6.45) is 3.68. The Labute approximate surface area is 101 Å². The van der Waals surface area contributed by atoms with E-state index in [1.54, 1.807) is 24.3 Å². The van der Waals surface area contributed by atoms with E-state index >= 15 is 0 Å². The van der Waals surface area contributed by atoms with Crippen LogP contribution in [0.15, 0.2) is 36.4 Å². The molecule has 0 heterocycles. The first-order valence-corrected chi connectivity index (χ1v) is 5.25. The van der Waals surface area contributed by atoms with Gasteiger partial charge in [-0.15, -0.1) is 0 Å². The molecule has 1 aromatic rings. The fraction of sp³-hybridized carbons (Fsp3) is 0.231. The van der Waals surface area contributed by atoms with Crippen molar-refractivity contribution in [1.82, 2.24) is 0 Å². The summed E-state index contributed by atoms with van der Waals surface area (Å²) in [5.41, 5.74) is 1.11. The lowest BCUT2D eigenvalue weighted by Crippen LogP contribution is -2.18. The van der Waals surface area contributed by atoms with E-state index in [1.807, 2.05) is 25.1 Å². The van der Waals surface area contributed by atoms with Crippen molar-refractivity contribution in [2.45, 2.75) is 6.92 Å². The van der Waals surface area contributed by atoms with Gasteiger partial charge < -0.3 is 10.1 Å². The Balaban J connectivity index is 2.42. The zero-order valence-electron chi connectivity index (χ0n) is 9.64. The Hall–Kier alpha value is -2.12. The van der Waals surface area contributed by atoms with E-state index in [2.05, 4.69) is 5.32 Å². The molecule has 4 heteroatoms. The van der Waals surface area contributed by atoms with Crippen molar-refractivity contribution in [3.63, 3.8) is 0 Å². The van der Waals surface area contributed by atoms with Crippen LogP contribution in [0, 0.1) is 11.3 Å². The smallest absolute Gasteiger partial charge is 0.250 e. The number of nitrogens with zero attached hydrogens (tertiary/aromatic N) is 1. The van der Waals surface area contributed by atoms with Crippen LogP contribution in [0.25, 0.3) is 0 Å². The van der Waals surface area contributed by atoms with Gasteiger partial charge in [-0.25, -0.2) is 0 Å². The van der Waals surface area contributed by atoms with E-state index in [4.69, 9.17) is 10.00 Å². The van der Waals surface area contributed by atoms with Crippen LogP contribution < -0.4 is 5.32 Å². The molecule has 88 valence electrons. The highest BCUT2D eigenvalue weighted by Gasteiger charge is 2.02. The molecule has 0 saturated heterocycles. The second kappa shape index (κ2) is 7.20. The minimum atomic E-state index is -0.232. The summed E-state index contributed by atoms with van der Waals surface area (Å²) in [7, 11) is 0. The molecule has 1 rings (SSSR count). The summed E-state index contributed by atoms with van der Waals surface area (Å²) in [5.74, 6) is -0.232. The maximum Gasteiger partial charge on any atom is 0.250 e. The van der Waals surface area contributed by atoms with Crippen molar-refractivity contribution in [3.8, 4) is 6.07 Å². The van der Waals surface area contributed by atoms with E-state index in [0.717, 1.165) is 0 Å². The number of amides is 1. The van der Waals surface area contributed by atoms with Crippen LogP contribution in [0.3, 0.4) is 0 Å². The van der Waals surface area contributed by atoms with Gasteiger partial charge in [-0.05, 0) is 25.1 Å². The van der Waals surface area contributed by atoms with Gasteiger partial charge in [-0.1, -0.05) is 18.2 Å². The molecule has 0 atom stereocenters. The molecule has 0 aliphatic carbocycles. The van der Waals surface area contributed by atoms with E-state index in [0.29, 0.717) is 17.9 Å². The Kier molecular flexibility index (Phi) is 5.49. The quantitative estimate of drug-likeness (QED) is 0.622. The topological polar surface area (TPSA) is 62.1 Å². The highest BCUT2D eigenvalue weighted by Crippen LogP contribution is 2.09. The average molecular weight is 230 g/mol. The van der Waals surface area contributed by atoms with Crippen LogP contribution in [-0.2, 0) is 9.53 Å². The number of benzene rings is 1. The van der Waals surface area contributed by atoms with Crippen LogP contribution in [0.4, 0.5) is 5.69 Å². The molecule has 0 bridgehead atoms. The van der Waals surface area contributed by atoms with Crippen molar-refractivity contribution in [2.24, 2.45) is 0 Å². The van der Waals surface area contributed by atoms with Gasteiger partial charge in [0, 0.05) is 5.69 Å². The molecule has 4 nitrogen and oxygen atoms in total. The van der Waals surface area contributed by atoms with Gasteiger partial charge >= 0.3 is 0 Å². The van der Waals surface area contributed by atoms with Crippen LogP contribution >= 0.6 is 0 Å². The lowest BCUT2D eigenvalue weighted by molar-refractivity contribution is -0.120. The number of anilines is 1. The van der Waals surface area contributed by atoms with Crippen LogP contribution in [0.2, 0.25) is 0 Å². The minimum Gasteiger partial charge on any atom is -0.368 e. The van der Waals surface area contributed by atoms with Gasteiger partial charge in [0.05, 0.1) is 18.2 Å². The first-order chi connectivity index (χ1) is 8.26. The Morgan fingerprint density at radius 2 is 2.41 bits per heavy atom. The van der Waals surface area contributed by atoms with Gasteiger partial charge in [0.15, 0.2) is 0 Å². The third-order valence-corrected chi connectivity index (χ3v) is 1.96. The first-order valence-electron chi connectivity index (χ1n) is 5.25. The Bertz CT molecular complexity index is 447. The average Bonchev–Trinajstić information content (AvgIpc) is 2.35. The molecule has 0 aliphatic rings. The largest absolute Gasteiger partial charge is 0.368 e. The van der Waals surface area contributed by atoms with Crippen molar-refractivity contribution in [2.75, 3.05) is 18.5 Å². The number of ether oxygens (including phenoxy) is 1. The molecule has 0 radical (unpaired) electrons. The van der Waals surface area contributed by atoms with Gasteiger partial charge in [-0.2, -0.15) is 5.26 Å². The molecule has 0 saturated carbocycles. The van der Waals surface area contributed by atoms with Crippen LogP contribution in [-0.4, -0.2) is 19.1 Å². The normalized spacial score (nSPS) is 10.1. The molecular weight excluding hydrogens is 216 g/mol. The van der Waals surface area contributed by atoms with Crippen LogP contribution in [0.5, 0.6) is 0 Å². The number of nitriles is 1. The summed E-state index contributed by atoms with van der Waals surface area (Å²) in [6.45, 7) is 2.31. The maximum atomic E-state index is 11.4. The summed E-state index contributed by atoms with van der Waals surface area (Å²) in [4.78, 5) is 11.4. The molecule has 0 aromatic heterocycles. The zero-order chi connectivity index (χ0) is 12.5. The number of hydrogen-bond donors (Lipinski definition) is 1. The molecular formula is C13H14N2O2. The molecule has 1 aromatic carbocycles. The number of hydrogen-bond acceptors (Lipinski definition) is 3. The lowest BCUT2D eigenvalue weighted by atomic mass is 10.2. The highest BCUT2D eigenvalue weighted by molar-refractivity contribution is 5.91. The van der Waals surface area contributed by atoms with Crippen molar-refractivity contribution < 1.29 is 9.53 Å². The summed E-state index contributed by atoms with van der Waals surface area (Å²) in [5, 5.41) is 11.4. The van der Waals surface area contributed by atoms with Gasteiger partial charge in [-0.3, -0.25) is 4.79 Å². The summed E-state index contributed by atoms with van der Waals surface area (Å²) >= 11 is 0. The van der Waals surface area contributed by atoms with Crippen molar-refractivity contribution in [3.05, 3.63) is 42.0 Å². The van der Waals surface area contributed by atoms with Gasteiger partial charge in [0.25, 0.3) is 0 Å². The molecule has 1 amide bonds. The number of allylic oxidation sites excluding steroid dienone is 1. The predicted molar refractivity (Wildman–Crippen MR) is 65.4 cm³/mol. The second-order valence-electron chi connectivity index (χ2n) is 3.32. The molecule has 1 N–H and O–H groups in total. The Morgan fingerprint density at radius 3 is 3.12 bits per heavy atom. The molecule has 0 fully saturated rings. The molecule has 17 heavy (non-hydrogen) atoms. The van der Waals surface area contributed by atoms with E-state index < -0.39 is 0 Å². The number of carbonyl (C=O) groups is 1. The third-order valence-electron chi connectivity index (χ3n) is 1.96. The fourth-order valence-electron chi connectivity index (χ4n) is 1.18.